The molecule has 2 rings (SSSR count). The molecule has 1 saturated carbocycles. The van der Waals surface area contributed by atoms with Gasteiger partial charge in [-0.15, -0.1) is 0 Å². The van der Waals surface area contributed by atoms with Crippen LogP contribution in [0.1, 0.15) is 52.9 Å². The first-order valence-corrected chi connectivity index (χ1v) is 7.56. The van der Waals surface area contributed by atoms with Gasteiger partial charge in [-0.2, -0.15) is 0 Å². The van der Waals surface area contributed by atoms with Gasteiger partial charge in [0.1, 0.15) is 0 Å². The van der Waals surface area contributed by atoms with Gasteiger partial charge in [-0.3, -0.25) is 4.90 Å². The number of aliphatic hydroxyl groups excluding tert-OH is 1. The minimum Gasteiger partial charge on any atom is -0.393 e. The van der Waals surface area contributed by atoms with Crippen LogP contribution < -0.4 is 0 Å². The Balaban J connectivity index is 1.99. The molecule has 1 heterocycles. The average molecular weight is 255 g/mol. The first-order chi connectivity index (χ1) is 8.42. The van der Waals surface area contributed by atoms with Crippen molar-refractivity contribution in [3.05, 3.63) is 0 Å². The summed E-state index contributed by atoms with van der Waals surface area (Å²) in [5.41, 5.74) is -0.619. The fourth-order valence-corrected chi connectivity index (χ4v) is 3.54. The predicted octanol–water partition coefficient (Wildman–Crippen LogP) is 2.02. The third-order valence-corrected chi connectivity index (χ3v) is 5.21. The molecule has 18 heavy (non-hydrogen) atoms. The molecule has 2 aliphatic rings. The minimum atomic E-state index is -0.619. The zero-order chi connectivity index (χ0) is 13.3. The van der Waals surface area contributed by atoms with E-state index < -0.39 is 5.60 Å². The van der Waals surface area contributed by atoms with E-state index in [9.17, 15) is 10.2 Å². The van der Waals surface area contributed by atoms with E-state index >= 15 is 0 Å². The summed E-state index contributed by atoms with van der Waals surface area (Å²) in [5.74, 6) is 0.711. The van der Waals surface area contributed by atoms with Crippen molar-refractivity contribution in [1.29, 1.82) is 0 Å². The van der Waals surface area contributed by atoms with E-state index in [0.29, 0.717) is 12.0 Å². The van der Waals surface area contributed by atoms with E-state index in [1.165, 1.54) is 12.8 Å². The van der Waals surface area contributed by atoms with Crippen molar-refractivity contribution in [2.45, 2.75) is 70.6 Å². The lowest BCUT2D eigenvalue weighted by atomic mass is 9.89. The molecular weight excluding hydrogens is 226 g/mol. The van der Waals surface area contributed by atoms with Crippen molar-refractivity contribution in [2.75, 3.05) is 13.1 Å². The molecule has 4 unspecified atom stereocenters. The molecule has 3 heteroatoms. The molecule has 0 aromatic rings. The zero-order valence-electron chi connectivity index (χ0n) is 12.1. The summed E-state index contributed by atoms with van der Waals surface area (Å²) in [5, 5.41) is 20.6. The molecule has 0 amide bonds. The van der Waals surface area contributed by atoms with Crippen molar-refractivity contribution in [1.82, 2.24) is 4.90 Å². The van der Waals surface area contributed by atoms with Gasteiger partial charge in [0.2, 0.25) is 0 Å². The molecule has 2 fully saturated rings. The second-order valence-corrected chi connectivity index (χ2v) is 6.85. The Bertz CT molecular complexity index is 278. The molecule has 1 saturated heterocycles. The SMILES string of the molecule is CC(C)C(C)(O)CN1CCCC1C1CCCC1O. The predicted molar refractivity (Wildman–Crippen MR) is 73.4 cm³/mol. The summed E-state index contributed by atoms with van der Waals surface area (Å²) >= 11 is 0. The van der Waals surface area contributed by atoms with Gasteiger partial charge in [-0.05, 0) is 45.1 Å². The minimum absolute atomic E-state index is 0.111. The second-order valence-electron chi connectivity index (χ2n) is 6.85. The lowest BCUT2D eigenvalue weighted by Crippen LogP contribution is -2.49. The summed E-state index contributed by atoms with van der Waals surface area (Å²) in [6, 6.07) is 0.493. The number of likely N-dealkylation sites (tertiary alicyclic amines) is 1. The Kier molecular flexibility index (Phi) is 4.35. The first kappa shape index (κ1) is 14.3. The molecule has 1 aliphatic heterocycles. The van der Waals surface area contributed by atoms with Crippen molar-refractivity contribution in [3.8, 4) is 0 Å². The van der Waals surface area contributed by atoms with Gasteiger partial charge < -0.3 is 10.2 Å². The van der Waals surface area contributed by atoms with Crippen LogP contribution in [0.2, 0.25) is 0 Å². The van der Waals surface area contributed by atoms with Crippen LogP contribution in [0.15, 0.2) is 0 Å². The molecule has 0 spiro atoms. The Hall–Kier alpha value is -0.120. The van der Waals surface area contributed by atoms with E-state index in [1.54, 1.807) is 0 Å². The van der Waals surface area contributed by atoms with E-state index in [4.69, 9.17) is 0 Å². The van der Waals surface area contributed by atoms with Gasteiger partial charge in [0.15, 0.2) is 0 Å². The van der Waals surface area contributed by atoms with Gasteiger partial charge >= 0.3 is 0 Å². The maximum Gasteiger partial charge on any atom is 0.0768 e. The van der Waals surface area contributed by atoms with E-state index in [-0.39, 0.29) is 12.0 Å². The summed E-state index contributed by atoms with van der Waals surface area (Å²) in [7, 11) is 0. The molecule has 106 valence electrons. The van der Waals surface area contributed by atoms with Crippen LogP contribution in [-0.2, 0) is 0 Å². The van der Waals surface area contributed by atoms with Crippen LogP contribution in [0.25, 0.3) is 0 Å². The number of rotatable bonds is 4. The van der Waals surface area contributed by atoms with E-state index in [1.807, 2.05) is 6.92 Å². The summed E-state index contributed by atoms with van der Waals surface area (Å²) in [6.45, 7) is 7.93. The molecule has 0 bridgehead atoms. The largest absolute Gasteiger partial charge is 0.393 e. The number of β-amino-alcohol motifs (C(OH)–C–C–N with tert-alkyl or cyclic N) is 1. The van der Waals surface area contributed by atoms with Crippen LogP contribution >= 0.6 is 0 Å². The second kappa shape index (κ2) is 5.48. The van der Waals surface area contributed by atoms with Crippen LogP contribution in [0.4, 0.5) is 0 Å². The smallest absolute Gasteiger partial charge is 0.0768 e. The molecule has 1 aliphatic carbocycles. The highest BCUT2D eigenvalue weighted by Gasteiger charge is 2.40. The van der Waals surface area contributed by atoms with Crippen molar-refractivity contribution in [3.63, 3.8) is 0 Å². The molecule has 0 aromatic carbocycles. The fraction of sp³-hybridized carbons (Fsp3) is 1.00. The van der Waals surface area contributed by atoms with Gasteiger partial charge in [0.25, 0.3) is 0 Å². The topological polar surface area (TPSA) is 43.7 Å². The number of hydrogen-bond acceptors (Lipinski definition) is 3. The van der Waals surface area contributed by atoms with Crippen molar-refractivity contribution in [2.24, 2.45) is 11.8 Å². The maximum atomic E-state index is 10.5. The van der Waals surface area contributed by atoms with Gasteiger partial charge in [0.05, 0.1) is 11.7 Å². The van der Waals surface area contributed by atoms with Crippen LogP contribution in [-0.4, -0.2) is 45.9 Å². The molecule has 2 N–H and O–H groups in total. The molecule has 0 aromatic heterocycles. The standard InChI is InChI=1S/C15H29NO2/c1-11(2)15(3,18)10-16-9-5-7-13(16)12-6-4-8-14(12)17/h11-14,17-18H,4-10H2,1-3H3. The highest BCUT2D eigenvalue weighted by atomic mass is 16.3. The lowest BCUT2D eigenvalue weighted by molar-refractivity contribution is -0.0334. The van der Waals surface area contributed by atoms with E-state index in [0.717, 1.165) is 32.4 Å². The van der Waals surface area contributed by atoms with Crippen molar-refractivity contribution < 1.29 is 10.2 Å². The third kappa shape index (κ3) is 2.89. The monoisotopic (exact) mass is 255 g/mol. The normalized spacial score (nSPS) is 37.3. The summed E-state index contributed by atoms with van der Waals surface area (Å²) < 4.78 is 0. The first-order valence-electron chi connectivity index (χ1n) is 7.56. The number of nitrogens with zero attached hydrogens (tertiary/aromatic N) is 1. The number of hydrogen-bond donors (Lipinski definition) is 2. The molecule has 3 nitrogen and oxygen atoms in total. The Labute approximate surface area is 111 Å². The maximum absolute atomic E-state index is 10.5. The Morgan fingerprint density at radius 3 is 2.50 bits per heavy atom. The van der Waals surface area contributed by atoms with Gasteiger partial charge in [0, 0.05) is 18.5 Å². The molecular formula is C15H29NO2. The van der Waals surface area contributed by atoms with Gasteiger partial charge in [-0.25, -0.2) is 0 Å². The molecule has 0 radical (unpaired) electrons. The van der Waals surface area contributed by atoms with Crippen LogP contribution in [0.5, 0.6) is 0 Å². The number of aliphatic hydroxyl groups is 2. The highest BCUT2D eigenvalue weighted by Crippen LogP contribution is 2.36. The van der Waals surface area contributed by atoms with Crippen LogP contribution in [0.3, 0.4) is 0 Å². The van der Waals surface area contributed by atoms with Crippen LogP contribution in [0, 0.1) is 11.8 Å². The quantitative estimate of drug-likeness (QED) is 0.808. The molecule has 4 atom stereocenters. The van der Waals surface area contributed by atoms with Gasteiger partial charge in [-0.1, -0.05) is 20.3 Å². The fourth-order valence-electron chi connectivity index (χ4n) is 3.54. The van der Waals surface area contributed by atoms with E-state index in [2.05, 4.69) is 18.7 Å². The third-order valence-electron chi connectivity index (χ3n) is 5.21. The summed E-state index contributed by atoms with van der Waals surface area (Å²) in [6.07, 6.45) is 5.58. The lowest BCUT2D eigenvalue weighted by Gasteiger charge is -2.38. The Morgan fingerprint density at radius 2 is 1.94 bits per heavy atom. The summed E-state index contributed by atoms with van der Waals surface area (Å²) in [4.78, 5) is 2.43. The zero-order valence-corrected chi connectivity index (χ0v) is 12.1. The average Bonchev–Trinajstić information content (AvgIpc) is 2.86. The Morgan fingerprint density at radius 1 is 1.22 bits per heavy atom. The van der Waals surface area contributed by atoms with Crippen molar-refractivity contribution >= 4 is 0 Å². The highest BCUT2D eigenvalue weighted by molar-refractivity contribution is 4.94.